The van der Waals surface area contributed by atoms with Gasteiger partial charge in [-0.1, -0.05) is 18.2 Å². The Morgan fingerprint density at radius 2 is 1.67 bits per heavy atom. The number of para-hydroxylation sites is 1. The summed E-state index contributed by atoms with van der Waals surface area (Å²) in [5.41, 5.74) is 1.15. The lowest BCUT2D eigenvalue weighted by Crippen LogP contribution is -1.90. The van der Waals surface area contributed by atoms with Crippen LogP contribution in [0.1, 0.15) is 0 Å². The summed E-state index contributed by atoms with van der Waals surface area (Å²) >= 11 is 4.32. The first-order valence-corrected chi connectivity index (χ1v) is 4.24. The van der Waals surface area contributed by atoms with Crippen molar-refractivity contribution in [2.75, 3.05) is 0 Å². The summed E-state index contributed by atoms with van der Waals surface area (Å²) in [6.07, 6.45) is 2.00. The molecule has 60 valence electrons. The first-order valence-electron chi connectivity index (χ1n) is 3.80. The highest BCUT2D eigenvalue weighted by atomic mass is 32.1. The minimum absolute atomic E-state index is 0.959. The molecule has 2 aromatic rings. The van der Waals surface area contributed by atoms with Gasteiger partial charge in [0.15, 0.2) is 0 Å². The van der Waals surface area contributed by atoms with E-state index in [1.165, 1.54) is 0 Å². The van der Waals surface area contributed by atoms with Crippen LogP contribution in [0.4, 0.5) is 0 Å². The molecule has 0 unspecified atom stereocenters. The maximum atomic E-state index is 4.32. The molecule has 0 spiro atoms. The van der Waals surface area contributed by atoms with E-state index >= 15 is 0 Å². The van der Waals surface area contributed by atoms with Gasteiger partial charge in [0.25, 0.3) is 0 Å². The molecule has 12 heavy (non-hydrogen) atoms. The van der Waals surface area contributed by atoms with Gasteiger partial charge in [-0.2, -0.15) is 0 Å². The van der Waals surface area contributed by atoms with Gasteiger partial charge in [0.05, 0.1) is 5.03 Å². The van der Waals surface area contributed by atoms with Crippen LogP contribution in [0, 0.1) is 0 Å². The average Bonchev–Trinajstić information content (AvgIpc) is 2.53. The molecule has 1 nitrogen and oxygen atoms in total. The van der Waals surface area contributed by atoms with Crippen LogP contribution in [-0.4, -0.2) is 4.57 Å². The van der Waals surface area contributed by atoms with Crippen LogP contribution in [0.25, 0.3) is 5.69 Å². The minimum atomic E-state index is 0.959. The van der Waals surface area contributed by atoms with Gasteiger partial charge >= 0.3 is 0 Å². The highest BCUT2D eigenvalue weighted by Gasteiger charge is 1.96. The molecule has 0 saturated heterocycles. The third-order valence-corrected chi connectivity index (χ3v) is 2.13. The van der Waals surface area contributed by atoms with Gasteiger partial charge in [0, 0.05) is 11.9 Å². The lowest BCUT2D eigenvalue weighted by molar-refractivity contribution is 0.961. The molecule has 0 aliphatic heterocycles. The number of hydrogen-bond donors (Lipinski definition) is 1. The molecular formula is C10H9NS. The van der Waals surface area contributed by atoms with Crippen molar-refractivity contribution >= 4 is 12.6 Å². The topological polar surface area (TPSA) is 4.93 Å². The van der Waals surface area contributed by atoms with Gasteiger partial charge in [0.2, 0.25) is 0 Å². The first kappa shape index (κ1) is 7.50. The van der Waals surface area contributed by atoms with Gasteiger partial charge in [-0.25, -0.2) is 0 Å². The number of aromatic nitrogens is 1. The van der Waals surface area contributed by atoms with E-state index in [4.69, 9.17) is 0 Å². The second-order valence-electron chi connectivity index (χ2n) is 2.57. The molecular weight excluding hydrogens is 166 g/mol. The third-order valence-electron chi connectivity index (χ3n) is 1.76. The van der Waals surface area contributed by atoms with Gasteiger partial charge in [-0.05, 0) is 24.3 Å². The Kier molecular flexibility index (Phi) is 1.92. The van der Waals surface area contributed by atoms with E-state index in [2.05, 4.69) is 24.8 Å². The maximum Gasteiger partial charge on any atom is 0.0762 e. The van der Waals surface area contributed by atoms with Crippen molar-refractivity contribution in [2.45, 2.75) is 5.03 Å². The smallest absolute Gasteiger partial charge is 0.0762 e. The third kappa shape index (κ3) is 1.25. The summed E-state index contributed by atoms with van der Waals surface area (Å²) < 4.78 is 2.03. The molecule has 2 heteroatoms. The summed E-state index contributed by atoms with van der Waals surface area (Å²) in [5, 5.41) is 0.959. The quantitative estimate of drug-likeness (QED) is 0.636. The van der Waals surface area contributed by atoms with E-state index in [0.717, 1.165) is 10.7 Å². The Bertz CT molecular complexity index is 364. The van der Waals surface area contributed by atoms with Crippen molar-refractivity contribution < 1.29 is 0 Å². The molecule has 0 N–H and O–H groups in total. The van der Waals surface area contributed by atoms with Crippen LogP contribution in [0.5, 0.6) is 0 Å². The Hall–Kier alpha value is -1.15. The average molecular weight is 175 g/mol. The molecule has 0 radical (unpaired) electrons. The number of benzene rings is 1. The molecule has 0 atom stereocenters. The van der Waals surface area contributed by atoms with E-state index < -0.39 is 0 Å². The van der Waals surface area contributed by atoms with Crippen molar-refractivity contribution in [3.63, 3.8) is 0 Å². The molecule has 1 aromatic carbocycles. The monoisotopic (exact) mass is 175 g/mol. The highest BCUT2D eigenvalue weighted by molar-refractivity contribution is 7.80. The second kappa shape index (κ2) is 3.07. The molecule has 0 bridgehead atoms. The summed E-state index contributed by atoms with van der Waals surface area (Å²) in [4.78, 5) is 0. The molecule has 2 rings (SSSR count). The Balaban J connectivity index is 2.51. The van der Waals surface area contributed by atoms with E-state index in [0.29, 0.717) is 0 Å². The summed E-state index contributed by atoms with van der Waals surface area (Å²) in [5.74, 6) is 0. The summed E-state index contributed by atoms with van der Waals surface area (Å²) in [6.45, 7) is 0. The molecule has 0 fully saturated rings. The van der Waals surface area contributed by atoms with Crippen molar-refractivity contribution in [3.05, 3.63) is 48.7 Å². The predicted octanol–water partition coefficient (Wildman–Crippen LogP) is 2.77. The van der Waals surface area contributed by atoms with Crippen molar-refractivity contribution in [1.29, 1.82) is 0 Å². The fourth-order valence-corrected chi connectivity index (χ4v) is 1.45. The van der Waals surface area contributed by atoms with Gasteiger partial charge in [0.1, 0.15) is 0 Å². The number of rotatable bonds is 1. The summed E-state index contributed by atoms with van der Waals surface area (Å²) in [6, 6.07) is 14.1. The Labute approximate surface area is 77.1 Å². The Morgan fingerprint density at radius 1 is 0.917 bits per heavy atom. The lowest BCUT2D eigenvalue weighted by atomic mass is 10.3. The molecule has 0 aliphatic rings. The van der Waals surface area contributed by atoms with E-state index in [1.54, 1.807) is 0 Å². The van der Waals surface area contributed by atoms with Crippen molar-refractivity contribution in [2.24, 2.45) is 0 Å². The Morgan fingerprint density at radius 3 is 2.25 bits per heavy atom. The molecule has 0 amide bonds. The van der Waals surface area contributed by atoms with Crippen molar-refractivity contribution in [3.8, 4) is 5.69 Å². The zero-order valence-electron chi connectivity index (χ0n) is 6.51. The minimum Gasteiger partial charge on any atom is -0.312 e. The van der Waals surface area contributed by atoms with Crippen molar-refractivity contribution in [1.82, 2.24) is 4.57 Å². The zero-order valence-corrected chi connectivity index (χ0v) is 7.41. The summed E-state index contributed by atoms with van der Waals surface area (Å²) in [7, 11) is 0. The fraction of sp³-hybridized carbons (Fsp3) is 0. The van der Waals surface area contributed by atoms with Gasteiger partial charge in [-0.3, -0.25) is 0 Å². The molecule has 1 heterocycles. The maximum absolute atomic E-state index is 4.32. The van der Waals surface area contributed by atoms with Gasteiger partial charge < -0.3 is 4.57 Å². The SMILES string of the molecule is Sc1cccn1-c1ccccc1. The number of nitrogens with zero attached hydrogens (tertiary/aromatic N) is 1. The number of hydrogen-bond acceptors (Lipinski definition) is 1. The van der Waals surface area contributed by atoms with Crippen LogP contribution in [0.15, 0.2) is 53.7 Å². The molecule has 1 aromatic heterocycles. The van der Waals surface area contributed by atoms with Crippen LogP contribution in [0.3, 0.4) is 0 Å². The first-order chi connectivity index (χ1) is 5.88. The molecule has 0 saturated carbocycles. The standard InChI is InChI=1S/C10H9NS/c12-10-7-4-8-11(10)9-5-2-1-3-6-9/h1-8,12H. The van der Waals surface area contributed by atoms with Crippen LogP contribution in [0.2, 0.25) is 0 Å². The van der Waals surface area contributed by atoms with E-state index in [1.807, 2.05) is 41.1 Å². The van der Waals surface area contributed by atoms with E-state index in [-0.39, 0.29) is 0 Å². The van der Waals surface area contributed by atoms with Crippen LogP contribution in [-0.2, 0) is 0 Å². The zero-order chi connectivity index (χ0) is 8.39. The van der Waals surface area contributed by atoms with Crippen LogP contribution < -0.4 is 0 Å². The normalized spacial score (nSPS) is 10.1. The largest absolute Gasteiger partial charge is 0.312 e. The molecule has 0 aliphatic carbocycles. The highest BCUT2D eigenvalue weighted by Crippen LogP contribution is 2.14. The van der Waals surface area contributed by atoms with Gasteiger partial charge in [-0.15, -0.1) is 12.6 Å². The fourth-order valence-electron chi connectivity index (χ4n) is 1.18. The van der Waals surface area contributed by atoms with Crippen LogP contribution >= 0.6 is 12.6 Å². The van der Waals surface area contributed by atoms with E-state index in [9.17, 15) is 0 Å². The second-order valence-corrected chi connectivity index (χ2v) is 3.03. The number of thiol groups is 1. The predicted molar refractivity (Wildman–Crippen MR) is 53.0 cm³/mol. The lowest BCUT2D eigenvalue weighted by Gasteiger charge is -2.03.